The maximum atomic E-state index is 13.8. The first-order valence-electron chi connectivity index (χ1n) is 4.77. The molecule has 1 aromatic carbocycles. The molecular formula is C10H9Br2FN4. The Morgan fingerprint density at radius 3 is 2.65 bits per heavy atom. The van der Waals surface area contributed by atoms with Gasteiger partial charge in [0.05, 0.1) is 11.7 Å². The van der Waals surface area contributed by atoms with Gasteiger partial charge in [-0.1, -0.05) is 27.2 Å². The minimum absolute atomic E-state index is 0.361. The summed E-state index contributed by atoms with van der Waals surface area (Å²) in [5.74, 6) is -0.361. The Labute approximate surface area is 114 Å². The third-order valence-corrected chi connectivity index (χ3v) is 3.69. The monoisotopic (exact) mass is 362 g/mol. The van der Waals surface area contributed by atoms with Crippen LogP contribution in [-0.4, -0.2) is 15.0 Å². The molecule has 1 atom stereocenters. The first-order valence-corrected chi connectivity index (χ1v) is 6.35. The SMILES string of the molecule is Cn1nnc(Br)c1C(N)c1c(F)cccc1Br. The van der Waals surface area contributed by atoms with Gasteiger partial charge in [-0.25, -0.2) is 9.07 Å². The molecule has 7 heteroatoms. The van der Waals surface area contributed by atoms with Gasteiger partial charge in [-0.3, -0.25) is 0 Å². The van der Waals surface area contributed by atoms with E-state index in [1.165, 1.54) is 10.7 Å². The molecule has 0 saturated heterocycles. The lowest BCUT2D eigenvalue weighted by molar-refractivity contribution is 0.582. The number of hydrogen-bond acceptors (Lipinski definition) is 3. The van der Waals surface area contributed by atoms with Crippen molar-refractivity contribution in [1.82, 2.24) is 15.0 Å². The zero-order valence-electron chi connectivity index (χ0n) is 8.86. The standard InChI is InChI=1S/C10H9Br2FN4/c1-17-9(10(12)15-16-17)8(14)7-5(11)3-2-4-6(7)13/h2-4,8H,14H2,1H3. The van der Waals surface area contributed by atoms with Crippen LogP contribution in [0.2, 0.25) is 0 Å². The number of nitrogens with two attached hydrogens (primary N) is 1. The van der Waals surface area contributed by atoms with Crippen LogP contribution in [0.1, 0.15) is 17.3 Å². The first-order chi connectivity index (χ1) is 8.02. The van der Waals surface area contributed by atoms with E-state index < -0.39 is 6.04 Å². The summed E-state index contributed by atoms with van der Waals surface area (Å²) in [6.45, 7) is 0. The highest BCUT2D eigenvalue weighted by Crippen LogP contribution is 2.31. The van der Waals surface area contributed by atoms with Crippen molar-refractivity contribution in [1.29, 1.82) is 0 Å². The van der Waals surface area contributed by atoms with Gasteiger partial charge in [0.25, 0.3) is 0 Å². The molecule has 90 valence electrons. The van der Waals surface area contributed by atoms with Gasteiger partial charge in [-0.05, 0) is 28.1 Å². The van der Waals surface area contributed by atoms with Crippen LogP contribution in [0.25, 0.3) is 0 Å². The highest BCUT2D eigenvalue weighted by Gasteiger charge is 2.22. The number of halogens is 3. The summed E-state index contributed by atoms with van der Waals surface area (Å²) in [6, 6.07) is 4.10. The second kappa shape index (κ2) is 4.83. The van der Waals surface area contributed by atoms with Crippen LogP contribution in [0, 0.1) is 5.82 Å². The van der Waals surface area contributed by atoms with Crippen molar-refractivity contribution in [2.45, 2.75) is 6.04 Å². The Kier molecular flexibility index (Phi) is 3.60. The van der Waals surface area contributed by atoms with Crippen LogP contribution >= 0.6 is 31.9 Å². The first kappa shape index (κ1) is 12.7. The summed E-state index contributed by atoms with van der Waals surface area (Å²) in [7, 11) is 1.71. The number of aryl methyl sites for hydroxylation is 1. The van der Waals surface area contributed by atoms with Gasteiger partial charge in [0.2, 0.25) is 0 Å². The van der Waals surface area contributed by atoms with E-state index in [4.69, 9.17) is 5.73 Å². The van der Waals surface area contributed by atoms with Crippen molar-refractivity contribution in [3.05, 3.63) is 44.3 Å². The van der Waals surface area contributed by atoms with Crippen LogP contribution in [-0.2, 0) is 7.05 Å². The van der Waals surface area contributed by atoms with Gasteiger partial charge in [-0.2, -0.15) is 0 Å². The van der Waals surface area contributed by atoms with Gasteiger partial charge in [0, 0.05) is 17.1 Å². The molecule has 1 heterocycles. The molecule has 2 rings (SSSR count). The van der Waals surface area contributed by atoms with E-state index in [9.17, 15) is 4.39 Å². The highest BCUT2D eigenvalue weighted by atomic mass is 79.9. The zero-order valence-corrected chi connectivity index (χ0v) is 12.0. The molecule has 2 N–H and O–H groups in total. The predicted molar refractivity (Wildman–Crippen MR) is 68.8 cm³/mol. The van der Waals surface area contributed by atoms with E-state index in [-0.39, 0.29) is 5.82 Å². The molecular weight excluding hydrogens is 355 g/mol. The molecule has 0 aliphatic carbocycles. The van der Waals surface area contributed by atoms with Crippen molar-refractivity contribution in [2.24, 2.45) is 12.8 Å². The molecule has 17 heavy (non-hydrogen) atoms. The molecule has 0 saturated carbocycles. The second-order valence-corrected chi connectivity index (χ2v) is 5.11. The lowest BCUT2D eigenvalue weighted by Gasteiger charge is -2.15. The molecule has 0 radical (unpaired) electrons. The summed E-state index contributed by atoms with van der Waals surface area (Å²) >= 11 is 6.55. The summed E-state index contributed by atoms with van der Waals surface area (Å²) in [5.41, 5.74) is 7.07. The molecule has 0 aliphatic rings. The van der Waals surface area contributed by atoms with E-state index in [1.807, 2.05) is 0 Å². The number of aromatic nitrogens is 3. The molecule has 0 aliphatic heterocycles. The number of nitrogens with zero attached hydrogens (tertiary/aromatic N) is 3. The third-order valence-electron chi connectivity index (χ3n) is 2.43. The maximum Gasteiger partial charge on any atom is 0.153 e. The summed E-state index contributed by atoms with van der Waals surface area (Å²) < 4.78 is 16.4. The van der Waals surface area contributed by atoms with Crippen molar-refractivity contribution < 1.29 is 4.39 Å². The fourth-order valence-corrected chi connectivity index (χ4v) is 2.78. The molecule has 0 amide bonds. The topological polar surface area (TPSA) is 56.7 Å². The fraction of sp³-hybridized carbons (Fsp3) is 0.200. The quantitative estimate of drug-likeness (QED) is 0.891. The van der Waals surface area contributed by atoms with E-state index in [1.54, 1.807) is 19.2 Å². The molecule has 4 nitrogen and oxygen atoms in total. The average Bonchev–Trinajstić information content (AvgIpc) is 2.58. The Hall–Kier alpha value is -0.790. The van der Waals surface area contributed by atoms with E-state index >= 15 is 0 Å². The Balaban J connectivity index is 2.55. The van der Waals surface area contributed by atoms with E-state index in [2.05, 4.69) is 42.2 Å². The summed E-state index contributed by atoms with van der Waals surface area (Å²) in [6.07, 6.45) is 0. The molecule has 0 bridgehead atoms. The molecule has 0 fully saturated rings. The number of rotatable bonds is 2. The fourth-order valence-electron chi connectivity index (χ4n) is 1.61. The summed E-state index contributed by atoms with van der Waals surface area (Å²) in [5, 5.41) is 7.66. The van der Waals surface area contributed by atoms with Gasteiger partial charge in [0.15, 0.2) is 4.60 Å². The lowest BCUT2D eigenvalue weighted by atomic mass is 10.0. The van der Waals surface area contributed by atoms with Gasteiger partial charge in [0.1, 0.15) is 5.82 Å². The summed E-state index contributed by atoms with van der Waals surface area (Å²) in [4.78, 5) is 0. The number of benzene rings is 1. The van der Waals surface area contributed by atoms with Gasteiger partial charge >= 0.3 is 0 Å². The Morgan fingerprint density at radius 1 is 1.41 bits per heavy atom. The average molecular weight is 364 g/mol. The van der Waals surface area contributed by atoms with E-state index in [0.717, 1.165) is 0 Å². The minimum Gasteiger partial charge on any atom is -0.319 e. The minimum atomic E-state index is -0.639. The number of hydrogen-bond donors (Lipinski definition) is 1. The normalized spacial score (nSPS) is 12.8. The van der Waals surface area contributed by atoms with Crippen molar-refractivity contribution >= 4 is 31.9 Å². The van der Waals surface area contributed by atoms with Crippen molar-refractivity contribution in [2.75, 3.05) is 0 Å². The van der Waals surface area contributed by atoms with Crippen LogP contribution < -0.4 is 5.73 Å². The van der Waals surface area contributed by atoms with E-state index in [0.29, 0.717) is 20.3 Å². The largest absolute Gasteiger partial charge is 0.319 e. The molecule has 1 unspecified atom stereocenters. The Morgan fingerprint density at radius 2 is 2.12 bits per heavy atom. The van der Waals surface area contributed by atoms with Crippen LogP contribution in [0.4, 0.5) is 4.39 Å². The molecule has 1 aromatic heterocycles. The smallest absolute Gasteiger partial charge is 0.153 e. The highest BCUT2D eigenvalue weighted by molar-refractivity contribution is 9.10. The van der Waals surface area contributed by atoms with Crippen molar-refractivity contribution in [3.8, 4) is 0 Å². The van der Waals surface area contributed by atoms with Gasteiger partial charge < -0.3 is 5.73 Å². The second-order valence-electron chi connectivity index (χ2n) is 3.50. The van der Waals surface area contributed by atoms with Crippen LogP contribution in [0.3, 0.4) is 0 Å². The lowest BCUT2D eigenvalue weighted by Crippen LogP contribution is -2.18. The van der Waals surface area contributed by atoms with Crippen LogP contribution in [0.15, 0.2) is 27.3 Å². The maximum absolute atomic E-state index is 13.8. The molecule has 0 spiro atoms. The van der Waals surface area contributed by atoms with Crippen LogP contribution in [0.5, 0.6) is 0 Å². The third kappa shape index (κ3) is 2.27. The van der Waals surface area contributed by atoms with Gasteiger partial charge in [-0.15, -0.1) is 5.10 Å². The predicted octanol–water partition coefficient (Wildman–Crippen LogP) is 2.53. The molecule has 2 aromatic rings. The Bertz CT molecular complexity index is 515. The zero-order chi connectivity index (χ0) is 12.6. The van der Waals surface area contributed by atoms with Crippen molar-refractivity contribution in [3.63, 3.8) is 0 Å².